The SMILES string of the molecule is O=C1c2cc3c(cc2C2CCC1CC2)c1cccc2c4cc5c(cc4n3c12)C(=O)C1CCC5CC1. The molecule has 0 unspecified atom stereocenters. The van der Waals surface area contributed by atoms with E-state index in [1.807, 2.05) is 0 Å². The van der Waals surface area contributed by atoms with Crippen molar-refractivity contribution in [2.24, 2.45) is 11.8 Å². The van der Waals surface area contributed by atoms with E-state index in [0.29, 0.717) is 23.4 Å². The van der Waals surface area contributed by atoms with Crippen molar-refractivity contribution >= 4 is 49.7 Å². The molecule has 0 N–H and O–H groups in total. The molecule has 0 spiro atoms. The summed E-state index contributed by atoms with van der Waals surface area (Å²) in [6.45, 7) is 0. The van der Waals surface area contributed by atoms with Gasteiger partial charge in [0.1, 0.15) is 0 Å². The summed E-state index contributed by atoms with van der Waals surface area (Å²) >= 11 is 0. The zero-order valence-electron chi connectivity index (χ0n) is 19.8. The zero-order valence-corrected chi connectivity index (χ0v) is 19.8. The highest BCUT2D eigenvalue weighted by atomic mass is 16.1. The molecule has 2 aromatic heterocycles. The van der Waals surface area contributed by atoms with Gasteiger partial charge in [-0.2, -0.15) is 0 Å². The maximum absolute atomic E-state index is 13.5. The van der Waals surface area contributed by atoms with Crippen LogP contribution in [0.2, 0.25) is 0 Å². The third-order valence-electron chi connectivity index (χ3n) is 10.3. The molecule has 0 aliphatic heterocycles. The maximum atomic E-state index is 13.5. The lowest BCUT2D eigenvalue weighted by Gasteiger charge is -2.22. The first kappa shape index (κ1) is 19.0. The minimum Gasteiger partial charge on any atom is -0.308 e. The number of Topliss-reactive ketones (excluding diaryl/α,β-unsaturated/α-hetero) is 2. The normalized spacial score (nSPS) is 27.8. The van der Waals surface area contributed by atoms with Crippen LogP contribution >= 0.6 is 0 Å². The number of rotatable bonds is 0. The highest BCUT2D eigenvalue weighted by Crippen LogP contribution is 2.49. The molecule has 3 heteroatoms. The second kappa shape index (κ2) is 6.32. The van der Waals surface area contributed by atoms with Gasteiger partial charge < -0.3 is 4.40 Å². The van der Waals surface area contributed by atoms with Gasteiger partial charge in [0.05, 0.1) is 16.6 Å². The Morgan fingerprint density at radius 3 is 1.43 bits per heavy atom. The fourth-order valence-corrected chi connectivity index (χ4v) is 8.48. The topological polar surface area (TPSA) is 38.5 Å². The van der Waals surface area contributed by atoms with Crippen molar-refractivity contribution in [3.63, 3.8) is 0 Å². The van der Waals surface area contributed by atoms with E-state index in [9.17, 15) is 9.59 Å². The zero-order chi connectivity index (χ0) is 23.0. The van der Waals surface area contributed by atoms with Gasteiger partial charge in [0.15, 0.2) is 11.6 Å². The summed E-state index contributed by atoms with van der Waals surface area (Å²) in [5.41, 5.74) is 7.98. The molecule has 2 heterocycles. The average Bonchev–Trinajstić information content (AvgIpc) is 3.23. The molecule has 3 aromatic carbocycles. The van der Waals surface area contributed by atoms with Crippen LogP contribution in [-0.2, 0) is 0 Å². The molecule has 4 bridgehead atoms. The lowest BCUT2D eigenvalue weighted by Crippen LogP contribution is -2.15. The summed E-state index contributed by atoms with van der Waals surface area (Å²) in [5.74, 6) is 2.12. The van der Waals surface area contributed by atoms with Crippen molar-refractivity contribution in [2.75, 3.05) is 0 Å². The number of para-hydroxylation sites is 1. The van der Waals surface area contributed by atoms with Gasteiger partial charge in [-0.25, -0.2) is 0 Å². The Hall–Kier alpha value is -3.20. The van der Waals surface area contributed by atoms with Gasteiger partial charge >= 0.3 is 0 Å². The summed E-state index contributed by atoms with van der Waals surface area (Å²) in [5, 5.41) is 5.05. The van der Waals surface area contributed by atoms with Crippen molar-refractivity contribution in [3.05, 3.63) is 64.7 Å². The molecule has 0 radical (unpaired) electrons. The molecule has 3 nitrogen and oxygen atoms in total. The lowest BCUT2D eigenvalue weighted by molar-refractivity contribution is 0.0891. The predicted octanol–water partition coefficient (Wildman–Crippen LogP) is 7.78. The molecule has 2 saturated carbocycles. The van der Waals surface area contributed by atoms with E-state index in [2.05, 4.69) is 46.9 Å². The fraction of sp³-hybridized carbons (Fsp3) is 0.375. The standard InChI is InChI=1S/C32H27NO2/c34-31-18-8-4-16(5-9-18)22-12-24-20-2-1-3-21-25-13-23-17-6-10-19(11-7-17)32(35)27(23)15-29(25)33(30(20)21)28(24)14-26(22)31/h1-3,12-19H,4-11H2. The number of fused-ring (bicyclic) bond motifs is 10. The van der Waals surface area contributed by atoms with Crippen LogP contribution in [0.25, 0.3) is 38.1 Å². The Kier molecular flexibility index (Phi) is 3.44. The molecule has 5 aromatic rings. The van der Waals surface area contributed by atoms with Gasteiger partial charge in [0.2, 0.25) is 0 Å². The summed E-state index contributed by atoms with van der Waals surface area (Å²) in [6, 6.07) is 15.8. The Morgan fingerprint density at radius 1 is 0.543 bits per heavy atom. The number of nitrogens with zero attached hydrogens (tertiary/aromatic N) is 1. The molecular weight excluding hydrogens is 430 g/mol. The van der Waals surface area contributed by atoms with Crippen molar-refractivity contribution in [1.82, 2.24) is 4.40 Å². The Morgan fingerprint density at radius 2 is 0.971 bits per heavy atom. The monoisotopic (exact) mass is 457 g/mol. The van der Waals surface area contributed by atoms with Gasteiger partial charge in [-0.1, -0.05) is 18.2 Å². The highest BCUT2D eigenvalue weighted by molar-refractivity contribution is 6.24. The summed E-state index contributed by atoms with van der Waals surface area (Å²) in [6.07, 6.45) is 8.69. The lowest BCUT2D eigenvalue weighted by atomic mass is 9.82. The van der Waals surface area contributed by atoms with Gasteiger partial charge in [-0.15, -0.1) is 0 Å². The molecule has 6 aliphatic carbocycles. The number of carbonyl (C=O) groups is 2. The first-order valence-corrected chi connectivity index (χ1v) is 13.6. The highest BCUT2D eigenvalue weighted by Gasteiger charge is 2.37. The number of benzene rings is 3. The van der Waals surface area contributed by atoms with E-state index >= 15 is 0 Å². The molecule has 11 rings (SSSR count). The maximum Gasteiger partial charge on any atom is 0.166 e. The first-order chi connectivity index (χ1) is 17.2. The fourth-order valence-electron chi connectivity index (χ4n) is 8.48. The van der Waals surface area contributed by atoms with Crippen LogP contribution < -0.4 is 0 Å². The molecule has 172 valence electrons. The van der Waals surface area contributed by atoms with E-state index in [1.165, 1.54) is 38.2 Å². The number of aromatic nitrogens is 1. The molecule has 0 atom stereocenters. The third-order valence-corrected chi connectivity index (χ3v) is 10.3. The van der Waals surface area contributed by atoms with Crippen molar-refractivity contribution in [2.45, 2.75) is 63.2 Å². The second-order valence-electron chi connectivity index (χ2n) is 11.8. The number of hydrogen-bond acceptors (Lipinski definition) is 2. The third kappa shape index (κ3) is 2.24. The van der Waals surface area contributed by atoms with Crippen molar-refractivity contribution in [1.29, 1.82) is 0 Å². The smallest absolute Gasteiger partial charge is 0.166 e. The number of carbonyl (C=O) groups excluding carboxylic acids is 2. The molecule has 2 fully saturated rings. The van der Waals surface area contributed by atoms with Crippen LogP contribution in [0.3, 0.4) is 0 Å². The van der Waals surface area contributed by atoms with E-state index in [4.69, 9.17) is 0 Å². The summed E-state index contributed by atoms with van der Waals surface area (Å²) in [7, 11) is 0. The molecule has 35 heavy (non-hydrogen) atoms. The van der Waals surface area contributed by atoms with Crippen molar-refractivity contribution in [3.8, 4) is 0 Å². The number of ketones is 2. The van der Waals surface area contributed by atoms with Gasteiger partial charge in [0, 0.05) is 44.5 Å². The van der Waals surface area contributed by atoms with Crippen LogP contribution in [0.1, 0.15) is 95.0 Å². The Bertz CT molecular complexity index is 1630. The Labute approximate surface area is 203 Å². The summed E-state index contributed by atoms with van der Waals surface area (Å²) in [4.78, 5) is 27.0. The van der Waals surface area contributed by atoms with E-state index in [-0.39, 0.29) is 11.8 Å². The van der Waals surface area contributed by atoms with Gasteiger partial charge in [-0.3, -0.25) is 9.59 Å². The van der Waals surface area contributed by atoms with Crippen LogP contribution in [0, 0.1) is 11.8 Å². The average molecular weight is 458 g/mol. The largest absolute Gasteiger partial charge is 0.308 e. The van der Waals surface area contributed by atoms with Crippen molar-refractivity contribution < 1.29 is 9.59 Å². The van der Waals surface area contributed by atoms with Crippen LogP contribution in [-0.4, -0.2) is 16.0 Å². The Balaban J connectivity index is 1.43. The van der Waals surface area contributed by atoms with Gasteiger partial charge in [-0.05, 0) is 98.6 Å². The van der Waals surface area contributed by atoms with Crippen LogP contribution in [0.4, 0.5) is 0 Å². The quantitative estimate of drug-likeness (QED) is 0.238. The van der Waals surface area contributed by atoms with Crippen LogP contribution in [0.15, 0.2) is 42.5 Å². The predicted molar refractivity (Wildman–Crippen MR) is 139 cm³/mol. The molecular formula is C32H27NO2. The minimum atomic E-state index is 0.194. The van der Waals surface area contributed by atoms with Gasteiger partial charge in [0.25, 0.3) is 0 Å². The van der Waals surface area contributed by atoms with Crippen LogP contribution in [0.5, 0.6) is 0 Å². The first-order valence-electron chi connectivity index (χ1n) is 13.6. The second-order valence-corrected chi connectivity index (χ2v) is 11.8. The van der Waals surface area contributed by atoms with E-state index in [0.717, 1.165) is 73.5 Å². The van der Waals surface area contributed by atoms with E-state index < -0.39 is 0 Å². The molecule has 0 amide bonds. The van der Waals surface area contributed by atoms with E-state index in [1.54, 1.807) is 0 Å². The molecule has 0 saturated heterocycles. The minimum absolute atomic E-state index is 0.194. The number of hydrogen-bond donors (Lipinski definition) is 0. The molecule has 6 aliphatic rings. The summed E-state index contributed by atoms with van der Waals surface area (Å²) < 4.78 is 2.37.